The van der Waals surface area contributed by atoms with Crippen LogP contribution in [0.4, 0.5) is 0 Å². The number of hydrogen-bond acceptors (Lipinski definition) is 6. The van der Waals surface area contributed by atoms with Crippen LogP contribution in [0.2, 0.25) is 0 Å². The summed E-state index contributed by atoms with van der Waals surface area (Å²) < 4.78 is 28.8. The van der Waals surface area contributed by atoms with E-state index in [1.54, 1.807) is 35.0 Å². The number of amides is 1. The van der Waals surface area contributed by atoms with E-state index in [1.807, 2.05) is 36.5 Å². The summed E-state index contributed by atoms with van der Waals surface area (Å²) in [5.41, 5.74) is 1.90. The molecule has 8 nitrogen and oxygen atoms in total. The van der Waals surface area contributed by atoms with Gasteiger partial charge in [0.1, 0.15) is 4.90 Å². The van der Waals surface area contributed by atoms with E-state index in [2.05, 4.69) is 10.1 Å². The normalized spacial score (nSPS) is 14.8. The molecule has 3 aromatic rings. The predicted molar refractivity (Wildman–Crippen MR) is 128 cm³/mol. The smallest absolute Gasteiger partial charge is 0.244 e. The Hall–Kier alpha value is -2.69. The van der Waals surface area contributed by atoms with Crippen LogP contribution < -0.4 is 0 Å². The molecular formula is C23H27N5O3S2. The van der Waals surface area contributed by atoms with Crippen LogP contribution in [-0.2, 0) is 21.4 Å². The van der Waals surface area contributed by atoms with E-state index < -0.39 is 10.0 Å². The SMILES string of the molecule is CN(Cc1cnn(-c2ccccc2)c1)C(=O)CSc1ccc(S(=O)(=O)N2CCCCC2)cn1. The van der Waals surface area contributed by atoms with E-state index >= 15 is 0 Å². The van der Waals surface area contributed by atoms with E-state index in [9.17, 15) is 13.2 Å². The zero-order valence-corrected chi connectivity index (χ0v) is 20.1. The van der Waals surface area contributed by atoms with Gasteiger partial charge >= 0.3 is 0 Å². The van der Waals surface area contributed by atoms with E-state index in [-0.39, 0.29) is 16.6 Å². The molecule has 0 unspecified atom stereocenters. The highest BCUT2D eigenvalue weighted by atomic mass is 32.2. The number of pyridine rings is 1. The Morgan fingerprint density at radius 2 is 1.82 bits per heavy atom. The summed E-state index contributed by atoms with van der Waals surface area (Å²) in [6, 6.07) is 13.0. The van der Waals surface area contributed by atoms with Gasteiger partial charge in [0.05, 0.1) is 22.7 Å². The zero-order chi connectivity index (χ0) is 23.3. The van der Waals surface area contributed by atoms with Crippen molar-refractivity contribution < 1.29 is 13.2 Å². The van der Waals surface area contributed by atoms with Gasteiger partial charge in [-0.3, -0.25) is 4.79 Å². The maximum Gasteiger partial charge on any atom is 0.244 e. The summed E-state index contributed by atoms with van der Waals surface area (Å²) in [4.78, 5) is 18.7. The monoisotopic (exact) mass is 485 g/mol. The van der Waals surface area contributed by atoms with Crippen molar-refractivity contribution in [2.75, 3.05) is 25.9 Å². The molecule has 0 saturated carbocycles. The van der Waals surface area contributed by atoms with E-state index in [4.69, 9.17) is 0 Å². The second-order valence-electron chi connectivity index (χ2n) is 7.96. The van der Waals surface area contributed by atoms with Crippen LogP contribution in [0, 0.1) is 0 Å². The van der Waals surface area contributed by atoms with Crippen molar-refractivity contribution in [1.29, 1.82) is 0 Å². The van der Waals surface area contributed by atoms with Crippen LogP contribution in [0.5, 0.6) is 0 Å². The fraction of sp³-hybridized carbons (Fsp3) is 0.348. The number of carbonyl (C=O) groups excluding carboxylic acids is 1. The topological polar surface area (TPSA) is 88.4 Å². The first kappa shape index (κ1) is 23.5. The van der Waals surface area contributed by atoms with Crippen LogP contribution in [0.1, 0.15) is 24.8 Å². The Morgan fingerprint density at radius 3 is 2.52 bits per heavy atom. The molecule has 0 bridgehead atoms. The van der Waals surface area contributed by atoms with Gasteiger partial charge < -0.3 is 4.90 Å². The second kappa shape index (κ2) is 10.5. The van der Waals surface area contributed by atoms with E-state index in [1.165, 1.54) is 22.3 Å². The molecule has 0 aliphatic carbocycles. The molecule has 1 aliphatic rings. The van der Waals surface area contributed by atoms with Crippen molar-refractivity contribution >= 4 is 27.7 Å². The molecule has 1 amide bonds. The van der Waals surface area contributed by atoms with E-state index in [0.29, 0.717) is 24.7 Å². The van der Waals surface area contributed by atoms with Crippen LogP contribution >= 0.6 is 11.8 Å². The van der Waals surface area contributed by atoms with Gasteiger partial charge in [0, 0.05) is 44.6 Å². The molecule has 0 spiro atoms. The number of aromatic nitrogens is 3. The Morgan fingerprint density at radius 1 is 1.06 bits per heavy atom. The predicted octanol–water partition coefficient (Wildman–Crippen LogP) is 3.19. The molecule has 1 saturated heterocycles. The lowest BCUT2D eigenvalue weighted by molar-refractivity contribution is -0.127. The quantitative estimate of drug-likeness (QED) is 0.456. The average molecular weight is 486 g/mol. The van der Waals surface area contributed by atoms with Gasteiger partial charge in [-0.2, -0.15) is 9.40 Å². The number of para-hydroxylation sites is 1. The zero-order valence-electron chi connectivity index (χ0n) is 18.5. The van der Waals surface area contributed by atoms with Crippen LogP contribution in [0.25, 0.3) is 5.69 Å². The number of rotatable bonds is 8. The molecule has 1 fully saturated rings. The largest absolute Gasteiger partial charge is 0.341 e. The average Bonchev–Trinajstić information content (AvgIpc) is 3.32. The highest BCUT2D eigenvalue weighted by Crippen LogP contribution is 2.22. The second-order valence-corrected chi connectivity index (χ2v) is 10.9. The molecule has 33 heavy (non-hydrogen) atoms. The summed E-state index contributed by atoms with van der Waals surface area (Å²) in [7, 11) is -1.74. The lowest BCUT2D eigenvalue weighted by atomic mass is 10.2. The highest BCUT2D eigenvalue weighted by Gasteiger charge is 2.26. The number of thioether (sulfide) groups is 1. The fourth-order valence-corrected chi connectivity index (χ4v) is 5.88. The molecule has 10 heteroatoms. The van der Waals surface area contributed by atoms with Crippen molar-refractivity contribution in [2.24, 2.45) is 0 Å². The summed E-state index contributed by atoms with van der Waals surface area (Å²) in [6.45, 7) is 1.57. The van der Waals surface area contributed by atoms with Crippen LogP contribution in [-0.4, -0.2) is 64.2 Å². The van der Waals surface area contributed by atoms with Gasteiger partial charge in [0.25, 0.3) is 0 Å². The lowest BCUT2D eigenvalue weighted by Crippen LogP contribution is -2.35. The number of hydrogen-bond donors (Lipinski definition) is 0. The number of benzene rings is 1. The third kappa shape index (κ3) is 5.82. The molecule has 2 aromatic heterocycles. The van der Waals surface area contributed by atoms with Crippen molar-refractivity contribution in [1.82, 2.24) is 24.0 Å². The molecule has 1 aromatic carbocycles. The third-order valence-corrected chi connectivity index (χ3v) is 8.32. The minimum Gasteiger partial charge on any atom is -0.341 e. The number of carbonyl (C=O) groups is 1. The molecule has 0 N–H and O–H groups in total. The van der Waals surface area contributed by atoms with Gasteiger partial charge in [-0.1, -0.05) is 36.4 Å². The van der Waals surface area contributed by atoms with Gasteiger partial charge in [-0.15, -0.1) is 0 Å². The minimum absolute atomic E-state index is 0.0423. The summed E-state index contributed by atoms with van der Waals surface area (Å²) >= 11 is 1.29. The molecule has 0 atom stereocenters. The maximum atomic E-state index is 12.7. The summed E-state index contributed by atoms with van der Waals surface area (Å²) in [6.07, 6.45) is 7.91. The maximum absolute atomic E-state index is 12.7. The van der Waals surface area contributed by atoms with Gasteiger partial charge in [-0.25, -0.2) is 18.1 Å². The molecule has 174 valence electrons. The number of sulfonamides is 1. The highest BCUT2D eigenvalue weighted by molar-refractivity contribution is 7.99. The molecule has 4 rings (SSSR count). The molecule has 0 radical (unpaired) electrons. The van der Waals surface area contributed by atoms with Crippen molar-refractivity contribution in [3.8, 4) is 5.69 Å². The van der Waals surface area contributed by atoms with Crippen molar-refractivity contribution in [3.05, 3.63) is 66.6 Å². The first-order chi connectivity index (χ1) is 15.9. The van der Waals surface area contributed by atoms with Crippen LogP contribution in [0.3, 0.4) is 0 Å². The number of piperidine rings is 1. The summed E-state index contributed by atoms with van der Waals surface area (Å²) in [5, 5.41) is 4.98. The molecular weight excluding hydrogens is 458 g/mol. The standard InChI is InChI=1S/C23H27N5O3S2/c1-26(16-19-14-25-28(17-19)20-8-4-2-5-9-20)23(29)18-32-22-11-10-21(15-24-22)33(30,31)27-12-6-3-7-13-27/h2,4-5,8-11,14-15,17H,3,6-7,12-13,16,18H2,1H3. The Balaban J connectivity index is 1.30. The fourth-order valence-electron chi connectivity index (χ4n) is 3.63. The first-order valence-electron chi connectivity index (χ1n) is 10.9. The van der Waals surface area contributed by atoms with E-state index in [0.717, 1.165) is 30.5 Å². The Bertz CT molecular complexity index is 1170. The number of nitrogens with zero attached hydrogens (tertiary/aromatic N) is 5. The molecule has 3 heterocycles. The first-order valence-corrected chi connectivity index (χ1v) is 13.3. The Labute approximate surface area is 198 Å². The summed E-state index contributed by atoms with van der Waals surface area (Å²) in [5.74, 6) is 0.174. The van der Waals surface area contributed by atoms with Crippen LogP contribution in [0.15, 0.2) is 71.0 Å². The Kier molecular flexibility index (Phi) is 7.46. The third-order valence-electron chi connectivity index (χ3n) is 5.51. The van der Waals surface area contributed by atoms with Gasteiger partial charge in [-0.05, 0) is 37.1 Å². The van der Waals surface area contributed by atoms with Crippen molar-refractivity contribution in [2.45, 2.75) is 35.7 Å². The minimum atomic E-state index is -3.50. The van der Waals surface area contributed by atoms with Crippen molar-refractivity contribution in [3.63, 3.8) is 0 Å². The van der Waals surface area contributed by atoms with Gasteiger partial charge in [0.2, 0.25) is 15.9 Å². The molecule has 1 aliphatic heterocycles. The lowest BCUT2D eigenvalue weighted by Gasteiger charge is -2.25. The van der Waals surface area contributed by atoms with Gasteiger partial charge in [0.15, 0.2) is 0 Å².